The zero-order valence-corrected chi connectivity index (χ0v) is 16.8. The van der Waals surface area contributed by atoms with Crippen molar-refractivity contribution in [2.24, 2.45) is 5.73 Å². The number of halogens is 1. The van der Waals surface area contributed by atoms with Gasteiger partial charge < -0.3 is 15.2 Å². The van der Waals surface area contributed by atoms with Crippen LogP contribution in [0.25, 0.3) is 0 Å². The van der Waals surface area contributed by atoms with Crippen LogP contribution in [0.5, 0.6) is 11.5 Å². The molecular weight excluding hydrogens is 412 g/mol. The predicted molar refractivity (Wildman–Crippen MR) is 105 cm³/mol. The molecule has 6 nitrogen and oxygen atoms in total. The Hall–Kier alpha value is -1.93. The highest BCUT2D eigenvalue weighted by Gasteiger charge is 2.52. The van der Waals surface area contributed by atoms with E-state index in [1.54, 1.807) is 19.4 Å². The minimum Gasteiger partial charge on any atom is -0.491 e. The molecule has 2 N–H and O–H groups in total. The summed E-state index contributed by atoms with van der Waals surface area (Å²) in [5, 5.41) is 0. The molecule has 1 aromatic heterocycles. The lowest BCUT2D eigenvalue weighted by Crippen LogP contribution is -2.49. The van der Waals surface area contributed by atoms with E-state index in [0.29, 0.717) is 41.2 Å². The molecule has 1 saturated heterocycles. The standard InChI is InChI=1S/C20H23BrN2O4/c1-3-20(10-7-11-22)19(26-27-20)16-18(24-2)17(15(21)12-23-16)25-13-14-8-5-4-6-9-14/h3-6,8-9,12,19H,1,7,10-11,13,22H2,2H3. The lowest BCUT2D eigenvalue weighted by Gasteiger charge is -2.44. The molecule has 1 aliphatic heterocycles. The van der Waals surface area contributed by atoms with Gasteiger partial charge >= 0.3 is 0 Å². The van der Waals surface area contributed by atoms with E-state index in [1.165, 1.54) is 0 Å². The fourth-order valence-electron chi connectivity index (χ4n) is 3.01. The van der Waals surface area contributed by atoms with Gasteiger partial charge in [-0.3, -0.25) is 4.98 Å². The maximum atomic E-state index is 6.03. The number of ether oxygens (including phenoxy) is 2. The van der Waals surface area contributed by atoms with Crippen LogP contribution < -0.4 is 15.2 Å². The first-order chi connectivity index (χ1) is 13.1. The zero-order chi connectivity index (χ0) is 19.3. The second kappa shape index (κ2) is 8.84. The molecule has 2 unspecified atom stereocenters. The van der Waals surface area contributed by atoms with Gasteiger partial charge in [0.2, 0.25) is 0 Å². The first kappa shape index (κ1) is 19.8. The molecule has 2 aromatic rings. The Morgan fingerprint density at radius 3 is 2.70 bits per heavy atom. The molecule has 7 heteroatoms. The maximum Gasteiger partial charge on any atom is 0.186 e. The van der Waals surface area contributed by atoms with Crippen LogP contribution in [-0.2, 0) is 16.4 Å². The Morgan fingerprint density at radius 1 is 1.33 bits per heavy atom. The van der Waals surface area contributed by atoms with Crippen molar-refractivity contribution in [3.05, 3.63) is 64.9 Å². The Bertz CT molecular complexity index is 787. The predicted octanol–water partition coefficient (Wildman–Crippen LogP) is 4.10. The lowest BCUT2D eigenvalue weighted by molar-refractivity contribution is -0.503. The summed E-state index contributed by atoms with van der Waals surface area (Å²) in [6.07, 6.45) is 4.44. The summed E-state index contributed by atoms with van der Waals surface area (Å²) in [7, 11) is 1.58. The highest BCUT2D eigenvalue weighted by molar-refractivity contribution is 9.10. The molecule has 0 aliphatic carbocycles. The van der Waals surface area contributed by atoms with Gasteiger partial charge in [0.15, 0.2) is 23.2 Å². The minimum absolute atomic E-state index is 0.404. The van der Waals surface area contributed by atoms with E-state index >= 15 is 0 Å². The maximum absolute atomic E-state index is 6.03. The quantitative estimate of drug-likeness (QED) is 0.472. The monoisotopic (exact) mass is 434 g/mol. The van der Waals surface area contributed by atoms with Gasteiger partial charge in [-0.25, -0.2) is 9.78 Å². The molecule has 0 spiro atoms. The molecule has 144 valence electrons. The Balaban J connectivity index is 1.89. The van der Waals surface area contributed by atoms with Crippen molar-refractivity contribution < 1.29 is 19.2 Å². The second-order valence-electron chi connectivity index (χ2n) is 6.24. The summed E-state index contributed by atoms with van der Waals surface area (Å²) >= 11 is 3.50. The number of pyridine rings is 1. The van der Waals surface area contributed by atoms with Crippen molar-refractivity contribution in [1.82, 2.24) is 4.98 Å². The lowest BCUT2D eigenvalue weighted by atomic mass is 9.87. The van der Waals surface area contributed by atoms with Crippen LogP contribution >= 0.6 is 15.9 Å². The van der Waals surface area contributed by atoms with Crippen molar-refractivity contribution >= 4 is 15.9 Å². The number of aromatic nitrogens is 1. The minimum atomic E-state index is -0.676. The number of rotatable bonds is 9. The van der Waals surface area contributed by atoms with E-state index < -0.39 is 11.7 Å². The molecule has 0 bridgehead atoms. The molecule has 2 atom stereocenters. The number of benzene rings is 1. The normalized spacial score (nSPS) is 21.4. The van der Waals surface area contributed by atoms with Crippen LogP contribution in [0.1, 0.15) is 30.2 Å². The second-order valence-corrected chi connectivity index (χ2v) is 7.09. The molecule has 0 saturated carbocycles. The number of methoxy groups -OCH3 is 1. The molecule has 1 fully saturated rings. The third kappa shape index (κ3) is 4.01. The highest BCUT2D eigenvalue weighted by Crippen LogP contribution is 2.51. The zero-order valence-electron chi connectivity index (χ0n) is 15.2. The van der Waals surface area contributed by atoms with E-state index in [-0.39, 0.29) is 0 Å². The molecular formula is C20H23BrN2O4. The van der Waals surface area contributed by atoms with E-state index in [4.69, 9.17) is 25.0 Å². The van der Waals surface area contributed by atoms with Gasteiger partial charge in [0, 0.05) is 6.20 Å². The fraction of sp³-hybridized carbons (Fsp3) is 0.350. The van der Waals surface area contributed by atoms with Crippen LogP contribution in [0.15, 0.2) is 53.7 Å². The van der Waals surface area contributed by atoms with Crippen molar-refractivity contribution in [1.29, 1.82) is 0 Å². The molecule has 27 heavy (non-hydrogen) atoms. The first-order valence-corrected chi connectivity index (χ1v) is 9.51. The number of hydrogen-bond donors (Lipinski definition) is 1. The number of nitrogens with zero attached hydrogens (tertiary/aromatic N) is 1. The van der Waals surface area contributed by atoms with Gasteiger partial charge in [-0.2, -0.15) is 0 Å². The van der Waals surface area contributed by atoms with Crippen molar-refractivity contribution in [2.45, 2.75) is 31.2 Å². The summed E-state index contributed by atoms with van der Waals surface area (Å²) in [5.41, 5.74) is 6.63. The summed E-state index contributed by atoms with van der Waals surface area (Å²) in [6, 6.07) is 9.91. The van der Waals surface area contributed by atoms with Gasteiger partial charge in [-0.15, -0.1) is 0 Å². The highest BCUT2D eigenvalue weighted by atomic mass is 79.9. The summed E-state index contributed by atoms with van der Waals surface area (Å²) in [5.74, 6) is 1.08. The molecule has 3 rings (SSSR count). The van der Waals surface area contributed by atoms with Crippen LogP contribution in [0.3, 0.4) is 0 Å². The largest absolute Gasteiger partial charge is 0.491 e. The van der Waals surface area contributed by atoms with Gasteiger partial charge in [0.1, 0.15) is 12.3 Å². The molecule has 2 heterocycles. The average Bonchev–Trinajstić information content (AvgIpc) is 2.69. The van der Waals surface area contributed by atoms with E-state index in [9.17, 15) is 0 Å². The van der Waals surface area contributed by atoms with E-state index in [1.807, 2.05) is 30.3 Å². The Labute approximate surface area is 167 Å². The smallest absolute Gasteiger partial charge is 0.186 e. The van der Waals surface area contributed by atoms with E-state index in [0.717, 1.165) is 12.0 Å². The van der Waals surface area contributed by atoms with Crippen molar-refractivity contribution in [3.63, 3.8) is 0 Å². The third-order valence-corrected chi connectivity index (χ3v) is 5.08. The van der Waals surface area contributed by atoms with Crippen molar-refractivity contribution in [2.75, 3.05) is 13.7 Å². The number of nitrogens with two attached hydrogens (primary N) is 1. The topological polar surface area (TPSA) is 75.8 Å². The molecule has 0 amide bonds. The first-order valence-electron chi connectivity index (χ1n) is 8.72. The van der Waals surface area contributed by atoms with Crippen LogP contribution in [0.4, 0.5) is 0 Å². The van der Waals surface area contributed by atoms with Gasteiger partial charge in [-0.05, 0) is 40.9 Å². The molecule has 1 aromatic carbocycles. The summed E-state index contributed by atoms with van der Waals surface area (Å²) in [6.45, 7) is 4.86. The average molecular weight is 435 g/mol. The SMILES string of the molecule is C=CC1(CCCN)OOC1c1ncc(Br)c(OCc2ccccc2)c1OC. The van der Waals surface area contributed by atoms with Crippen molar-refractivity contribution in [3.8, 4) is 11.5 Å². The Morgan fingerprint density at radius 2 is 2.11 bits per heavy atom. The molecule has 0 radical (unpaired) electrons. The van der Waals surface area contributed by atoms with Crippen LogP contribution in [0, 0.1) is 0 Å². The van der Waals surface area contributed by atoms with E-state index in [2.05, 4.69) is 27.5 Å². The van der Waals surface area contributed by atoms with Crippen LogP contribution in [0.2, 0.25) is 0 Å². The Kier molecular flexibility index (Phi) is 6.49. The third-order valence-electron chi connectivity index (χ3n) is 4.51. The van der Waals surface area contributed by atoms with Crippen LogP contribution in [-0.4, -0.2) is 24.2 Å². The van der Waals surface area contributed by atoms with Gasteiger partial charge in [-0.1, -0.05) is 43.0 Å². The van der Waals surface area contributed by atoms with Gasteiger partial charge in [0.05, 0.1) is 11.6 Å². The fourth-order valence-corrected chi connectivity index (χ4v) is 3.40. The number of hydrogen-bond acceptors (Lipinski definition) is 6. The van der Waals surface area contributed by atoms with Gasteiger partial charge in [0.25, 0.3) is 0 Å². The summed E-state index contributed by atoms with van der Waals surface area (Å²) in [4.78, 5) is 15.3. The summed E-state index contributed by atoms with van der Waals surface area (Å²) < 4.78 is 12.4. The molecule has 1 aliphatic rings.